The van der Waals surface area contributed by atoms with Gasteiger partial charge >= 0.3 is 88.7 Å². The van der Waals surface area contributed by atoms with Crippen LogP contribution in [0.1, 0.15) is 40.3 Å². The van der Waals surface area contributed by atoms with Gasteiger partial charge in [-0.3, -0.25) is 0 Å². The summed E-state index contributed by atoms with van der Waals surface area (Å²) < 4.78 is 108. The Balaban J connectivity index is 0.00000261. The Labute approximate surface area is 375 Å². The summed E-state index contributed by atoms with van der Waals surface area (Å²) in [5, 5.41) is 30.7. The summed E-state index contributed by atoms with van der Waals surface area (Å²) >= 11 is 0. The first-order chi connectivity index (χ1) is 23.8. The van der Waals surface area contributed by atoms with Crippen molar-refractivity contribution in [3.8, 4) is 0 Å². The van der Waals surface area contributed by atoms with Crippen LogP contribution in [0.25, 0.3) is 0 Å². The van der Waals surface area contributed by atoms with E-state index in [1.807, 2.05) is 0 Å². The number of benzene rings is 4. The largest absolute Gasteiger partial charge is 1.00 e. The van der Waals surface area contributed by atoms with Crippen molar-refractivity contribution in [3.63, 3.8) is 0 Å². The van der Waals surface area contributed by atoms with Gasteiger partial charge in [-0.25, -0.2) is 25.3 Å². The van der Waals surface area contributed by atoms with Crippen molar-refractivity contribution >= 4 is 70.7 Å². The molecular weight excluding hydrogens is 800 g/mol. The molecule has 1 aliphatic rings. The van der Waals surface area contributed by atoms with E-state index >= 15 is 0 Å². The van der Waals surface area contributed by atoms with Crippen LogP contribution in [0.2, 0.25) is 0 Å². The van der Waals surface area contributed by atoms with Crippen LogP contribution in [0.4, 0.5) is 40.3 Å². The van der Waals surface area contributed by atoms with Gasteiger partial charge in [0.1, 0.15) is 48.4 Å². The van der Waals surface area contributed by atoms with Crippen LogP contribution in [0.3, 0.4) is 0 Å². The molecule has 0 amide bonds. The van der Waals surface area contributed by atoms with Crippen molar-refractivity contribution in [3.05, 3.63) is 101 Å². The Morgan fingerprint density at radius 1 is 0.611 bits per heavy atom. The Morgan fingerprint density at radius 2 is 1.13 bits per heavy atom. The SMILES string of the molecule is Cc1nc(Nc2ccc(S(=O)(=O)[O-])cc2)nc(Nc2ccc(Nc3cc(S(=O)(=O)[O-])c(N)c4c3C(O)c3ccccc3C4O)cc2S(=O)(=O)[O-])n1.[Na+].[Na+].[Na+]. The van der Waals surface area contributed by atoms with Gasteiger partial charge in [-0.2, -0.15) is 15.0 Å². The number of nitrogens with two attached hydrogens (primary N) is 1. The number of fused-ring (bicyclic) bond motifs is 2. The smallest absolute Gasteiger partial charge is 0.744 e. The topological polar surface area (TPSA) is 313 Å². The van der Waals surface area contributed by atoms with Gasteiger partial charge in [0.05, 0.1) is 26.1 Å². The van der Waals surface area contributed by atoms with Gasteiger partial charge in [0, 0.05) is 28.2 Å². The van der Waals surface area contributed by atoms with Gasteiger partial charge in [0.2, 0.25) is 11.9 Å². The van der Waals surface area contributed by atoms with Gasteiger partial charge in [-0.15, -0.1) is 0 Å². The number of aliphatic hydroxyl groups is 2. The van der Waals surface area contributed by atoms with Crippen LogP contribution in [0.5, 0.6) is 0 Å². The number of aromatic nitrogens is 3. The molecule has 6 rings (SSSR count). The van der Waals surface area contributed by atoms with E-state index in [-0.39, 0.29) is 151 Å². The molecule has 0 fully saturated rings. The summed E-state index contributed by atoms with van der Waals surface area (Å²) in [6, 6.07) is 15.1. The van der Waals surface area contributed by atoms with Crippen LogP contribution < -0.4 is 110 Å². The van der Waals surface area contributed by atoms with Crippen molar-refractivity contribution in [2.24, 2.45) is 0 Å². The molecule has 0 aliphatic heterocycles. The molecule has 0 spiro atoms. The van der Waals surface area contributed by atoms with E-state index in [0.717, 1.165) is 30.3 Å². The maximum atomic E-state index is 12.5. The zero-order valence-corrected chi connectivity index (χ0v) is 37.2. The molecule has 5 aromatic rings. The minimum absolute atomic E-state index is 0. The second-order valence-corrected chi connectivity index (χ2v) is 15.2. The molecule has 0 saturated carbocycles. The molecule has 2 unspecified atom stereocenters. The second kappa shape index (κ2) is 17.5. The van der Waals surface area contributed by atoms with E-state index in [0.29, 0.717) is 0 Å². The van der Waals surface area contributed by atoms with Crippen molar-refractivity contribution in [1.29, 1.82) is 0 Å². The van der Waals surface area contributed by atoms with Gasteiger partial charge in [-0.1, -0.05) is 24.3 Å². The molecule has 0 saturated heterocycles. The number of nitrogen functional groups attached to an aromatic ring is 1. The van der Waals surface area contributed by atoms with Crippen LogP contribution in [0, 0.1) is 6.92 Å². The number of hydrogen-bond acceptors (Lipinski definition) is 18. The number of nitrogens with zero attached hydrogens (tertiary/aromatic N) is 3. The molecule has 1 heterocycles. The monoisotopic (exact) mass is 823 g/mol. The van der Waals surface area contributed by atoms with Crippen LogP contribution in [-0.2, 0) is 30.4 Å². The van der Waals surface area contributed by atoms with Crippen LogP contribution in [0.15, 0.2) is 87.5 Å². The van der Waals surface area contributed by atoms with E-state index in [1.54, 1.807) is 12.1 Å². The number of hydrogen-bond donors (Lipinski definition) is 6. The summed E-state index contributed by atoms with van der Waals surface area (Å²) in [6.07, 6.45) is -3.04. The number of nitrogens with one attached hydrogen (secondary N) is 3. The van der Waals surface area contributed by atoms with E-state index in [4.69, 9.17) is 5.73 Å². The summed E-state index contributed by atoms with van der Waals surface area (Å²) in [7, 11) is -15.1. The van der Waals surface area contributed by atoms with Crippen LogP contribution >= 0.6 is 0 Å². The summed E-state index contributed by atoms with van der Waals surface area (Å²) in [5.74, 6) is -0.159. The molecule has 0 bridgehead atoms. The molecule has 0 radical (unpaired) electrons. The zero-order chi connectivity index (χ0) is 37.0. The summed E-state index contributed by atoms with van der Waals surface area (Å²) in [5.41, 5.74) is 5.26. The van der Waals surface area contributed by atoms with E-state index < -0.39 is 62.9 Å². The molecule has 4 aromatic carbocycles. The third-order valence-electron chi connectivity index (χ3n) is 7.74. The van der Waals surface area contributed by atoms with E-state index in [9.17, 15) is 49.1 Å². The first-order valence-corrected chi connectivity index (χ1v) is 18.6. The predicted molar refractivity (Wildman–Crippen MR) is 177 cm³/mol. The number of aryl methyl sites for hydroxylation is 1. The van der Waals surface area contributed by atoms with Crippen molar-refractivity contribution < 1.29 is 138 Å². The molecule has 7 N–H and O–H groups in total. The van der Waals surface area contributed by atoms with E-state index in [1.165, 1.54) is 37.3 Å². The fourth-order valence-corrected chi connectivity index (χ4v) is 7.31. The maximum Gasteiger partial charge on any atom is 1.00 e. The van der Waals surface area contributed by atoms with Crippen LogP contribution in [-0.4, -0.2) is 64.1 Å². The predicted octanol–water partition coefficient (Wildman–Crippen LogP) is -6.81. The van der Waals surface area contributed by atoms with Gasteiger partial charge < -0.3 is 45.6 Å². The Morgan fingerprint density at radius 3 is 1.67 bits per heavy atom. The van der Waals surface area contributed by atoms with Crippen molar-refractivity contribution in [2.75, 3.05) is 21.7 Å². The quantitative estimate of drug-likeness (QED) is 0.0457. The molecule has 54 heavy (non-hydrogen) atoms. The fourth-order valence-electron chi connectivity index (χ4n) is 5.54. The Bertz CT molecular complexity index is 2570. The molecule has 24 heteroatoms. The standard InChI is InChI=1S/C30H27N7O11S3.3Na/c1-14-32-29(35-15-6-9-17(10-7-15)49(40,41)42)37-30(33-14)36-20-11-8-16(12-22(20)50(43,44)45)34-21-13-23(51(46,47)48)26(31)25-24(21)27(38)18-4-2-3-5-19(18)28(25)39;;;/h2-13,27-28,34,38-39H,31H2,1H3,(H,40,41,42)(H,43,44,45)(H,46,47,48)(H2,32,33,35,36,37);;;/q;3*+1/p-3. The number of aliphatic hydroxyl groups excluding tert-OH is 2. The molecule has 1 aromatic heterocycles. The van der Waals surface area contributed by atoms with Gasteiger partial charge in [0.15, 0.2) is 0 Å². The zero-order valence-electron chi connectivity index (χ0n) is 28.8. The fraction of sp³-hybridized carbons (Fsp3) is 0.100. The first-order valence-electron chi connectivity index (χ1n) is 14.4. The second-order valence-electron chi connectivity index (χ2n) is 11.1. The number of rotatable bonds is 9. The maximum absolute atomic E-state index is 12.5. The molecule has 1 aliphatic carbocycles. The molecule has 2 atom stereocenters. The summed E-state index contributed by atoms with van der Waals surface area (Å²) in [4.78, 5) is 10.2. The van der Waals surface area contributed by atoms with Crippen molar-refractivity contribution in [1.82, 2.24) is 15.0 Å². The minimum atomic E-state index is -5.24. The molecular formula is C30H24N7Na3O11S3. The normalized spacial score (nSPS) is 14.9. The third kappa shape index (κ3) is 9.81. The van der Waals surface area contributed by atoms with E-state index in [2.05, 4.69) is 30.9 Å². The minimum Gasteiger partial charge on any atom is -0.744 e. The molecule has 266 valence electrons. The van der Waals surface area contributed by atoms with Gasteiger partial charge in [-0.05, 0) is 66.6 Å². The Hall–Kier alpha value is -2.26. The van der Waals surface area contributed by atoms with Gasteiger partial charge in [0.25, 0.3) is 0 Å². The number of anilines is 7. The average Bonchev–Trinajstić information content (AvgIpc) is 3.03. The third-order valence-corrected chi connectivity index (χ3v) is 10.3. The average molecular weight is 824 g/mol. The van der Waals surface area contributed by atoms with Crippen molar-refractivity contribution in [2.45, 2.75) is 33.8 Å². The first kappa shape index (κ1) is 46.1. The summed E-state index contributed by atoms with van der Waals surface area (Å²) in [6.45, 7) is 1.48. The molecule has 18 nitrogen and oxygen atoms in total. The Kier molecular flexibility index (Phi) is 14.9.